The van der Waals surface area contributed by atoms with Gasteiger partial charge in [0.25, 0.3) is 5.56 Å². The molecule has 0 aliphatic carbocycles. The van der Waals surface area contributed by atoms with Crippen LogP contribution in [0.5, 0.6) is 5.75 Å². The summed E-state index contributed by atoms with van der Waals surface area (Å²) in [6.45, 7) is 2.98. The minimum absolute atomic E-state index is 0.135. The number of hydrogen-bond donors (Lipinski definition) is 2. The third kappa shape index (κ3) is 4.16. The molecule has 26 heavy (non-hydrogen) atoms. The van der Waals surface area contributed by atoms with E-state index >= 15 is 0 Å². The molecule has 2 aromatic rings. The molecule has 0 bridgehead atoms. The number of carbonyl (C=O) groups excluding carboxylic acids is 1. The van der Waals surface area contributed by atoms with Crippen molar-refractivity contribution in [1.82, 2.24) is 14.9 Å². The third-order valence-electron chi connectivity index (χ3n) is 4.48. The highest BCUT2D eigenvalue weighted by Gasteiger charge is 2.25. The minimum atomic E-state index is -0.167. The van der Waals surface area contributed by atoms with E-state index in [0.29, 0.717) is 35.4 Å². The van der Waals surface area contributed by atoms with Crippen LogP contribution in [0, 0.1) is 6.92 Å². The highest BCUT2D eigenvalue weighted by Crippen LogP contribution is 2.29. The number of aryl methyl sites for hydroxylation is 1. The van der Waals surface area contributed by atoms with Crippen molar-refractivity contribution in [1.29, 1.82) is 0 Å². The summed E-state index contributed by atoms with van der Waals surface area (Å²) in [4.78, 5) is 32.9. The predicted molar refractivity (Wildman–Crippen MR) is 100 cm³/mol. The number of ether oxygens (including phenoxy) is 1. The molecule has 7 nitrogen and oxygen atoms in total. The van der Waals surface area contributed by atoms with Crippen LogP contribution in [-0.2, 0) is 0 Å². The van der Waals surface area contributed by atoms with E-state index in [0.717, 1.165) is 18.5 Å². The Balaban J connectivity index is 1.60. The molecule has 0 radical (unpaired) electrons. The van der Waals surface area contributed by atoms with Gasteiger partial charge >= 0.3 is 6.03 Å². The molecular formula is C18H21ClN4O3. The van der Waals surface area contributed by atoms with Gasteiger partial charge in [-0.2, -0.15) is 0 Å². The first-order valence-electron chi connectivity index (χ1n) is 8.43. The van der Waals surface area contributed by atoms with Crippen LogP contribution in [0.15, 0.2) is 29.1 Å². The molecule has 1 aromatic carbocycles. The van der Waals surface area contributed by atoms with Gasteiger partial charge in [0.2, 0.25) is 0 Å². The van der Waals surface area contributed by atoms with Gasteiger partial charge in [-0.15, -0.1) is 0 Å². The fourth-order valence-electron chi connectivity index (χ4n) is 3.14. The number of urea groups is 1. The maximum atomic E-state index is 12.5. The topological polar surface area (TPSA) is 87.3 Å². The molecule has 0 saturated carbocycles. The van der Waals surface area contributed by atoms with Gasteiger partial charge in [-0.1, -0.05) is 11.6 Å². The van der Waals surface area contributed by atoms with Crippen LogP contribution >= 0.6 is 11.6 Å². The number of benzene rings is 1. The van der Waals surface area contributed by atoms with Gasteiger partial charge in [0, 0.05) is 30.8 Å². The summed E-state index contributed by atoms with van der Waals surface area (Å²) in [5.74, 6) is 1.37. The van der Waals surface area contributed by atoms with E-state index in [1.54, 1.807) is 43.2 Å². The summed E-state index contributed by atoms with van der Waals surface area (Å²) in [5.41, 5.74) is 1.28. The van der Waals surface area contributed by atoms with E-state index in [9.17, 15) is 9.59 Å². The van der Waals surface area contributed by atoms with Crippen molar-refractivity contribution in [3.63, 3.8) is 0 Å². The van der Waals surface area contributed by atoms with Crippen molar-refractivity contribution in [3.8, 4) is 5.75 Å². The Labute approximate surface area is 156 Å². The number of halogens is 1. The van der Waals surface area contributed by atoms with Crippen LogP contribution in [0.2, 0.25) is 5.02 Å². The Hall–Kier alpha value is -2.54. The van der Waals surface area contributed by atoms with Crippen molar-refractivity contribution < 1.29 is 9.53 Å². The van der Waals surface area contributed by atoms with Crippen LogP contribution in [0.3, 0.4) is 0 Å². The first-order chi connectivity index (χ1) is 12.5. The zero-order valence-corrected chi connectivity index (χ0v) is 15.5. The number of piperidine rings is 1. The summed E-state index contributed by atoms with van der Waals surface area (Å²) in [6.07, 6.45) is 1.54. The Morgan fingerprint density at radius 1 is 1.35 bits per heavy atom. The number of nitrogens with one attached hydrogen (secondary N) is 2. The zero-order valence-electron chi connectivity index (χ0n) is 14.7. The van der Waals surface area contributed by atoms with E-state index in [1.807, 2.05) is 0 Å². The van der Waals surface area contributed by atoms with Crippen molar-refractivity contribution in [2.24, 2.45) is 0 Å². The lowest BCUT2D eigenvalue weighted by Gasteiger charge is -2.31. The number of likely N-dealkylation sites (tertiary alicyclic amines) is 1. The molecule has 2 N–H and O–H groups in total. The van der Waals surface area contributed by atoms with Crippen LogP contribution < -0.4 is 15.6 Å². The van der Waals surface area contributed by atoms with Crippen LogP contribution in [0.4, 0.5) is 10.5 Å². The first kappa shape index (κ1) is 18.3. The SMILES string of the molecule is COc1ccc(NC(=O)N2CCC(c3cc(=O)[nH]c(C)n3)CC2)cc1Cl. The van der Waals surface area contributed by atoms with Gasteiger partial charge in [0.15, 0.2) is 0 Å². The fourth-order valence-corrected chi connectivity index (χ4v) is 3.39. The monoisotopic (exact) mass is 376 g/mol. The number of carbonyl (C=O) groups is 1. The van der Waals surface area contributed by atoms with Crippen molar-refractivity contribution in [3.05, 3.63) is 51.2 Å². The van der Waals surface area contributed by atoms with E-state index in [1.165, 1.54) is 0 Å². The first-order valence-corrected chi connectivity index (χ1v) is 8.81. The average Bonchev–Trinajstić information content (AvgIpc) is 2.61. The number of anilines is 1. The highest BCUT2D eigenvalue weighted by molar-refractivity contribution is 6.32. The maximum Gasteiger partial charge on any atom is 0.321 e. The number of methoxy groups -OCH3 is 1. The lowest BCUT2D eigenvalue weighted by Crippen LogP contribution is -2.40. The van der Waals surface area contributed by atoms with E-state index in [2.05, 4.69) is 15.3 Å². The van der Waals surface area contributed by atoms with Gasteiger partial charge in [-0.25, -0.2) is 9.78 Å². The average molecular weight is 377 g/mol. The molecular weight excluding hydrogens is 356 g/mol. The molecule has 8 heteroatoms. The summed E-state index contributed by atoms with van der Waals surface area (Å²) in [7, 11) is 1.54. The Bertz CT molecular complexity index is 860. The molecule has 0 atom stereocenters. The molecule has 1 aliphatic heterocycles. The van der Waals surface area contributed by atoms with Gasteiger partial charge in [-0.3, -0.25) is 4.79 Å². The predicted octanol–water partition coefficient (Wildman–Crippen LogP) is 3.15. The second-order valence-electron chi connectivity index (χ2n) is 6.30. The zero-order chi connectivity index (χ0) is 18.7. The summed E-state index contributed by atoms with van der Waals surface area (Å²) >= 11 is 6.09. The quantitative estimate of drug-likeness (QED) is 0.861. The van der Waals surface area contributed by atoms with Gasteiger partial charge in [-0.05, 0) is 38.0 Å². The van der Waals surface area contributed by atoms with E-state index < -0.39 is 0 Å². The van der Waals surface area contributed by atoms with Crippen molar-refractivity contribution in [2.45, 2.75) is 25.7 Å². The molecule has 1 aliphatic rings. The van der Waals surface area contributed by atoms with Crippen LogP contribution in [0.25, 0.3) is 0 Å². The molecule has 1 saturated heterocycles. The Kier molecular flexibility index (Phi) is 5.46. The highest BCUT2D eigenvalue weighted by atomic mass is 35.5. The molecule has 1 fully saturated rings. The molecule has 0 unspecified atom stereocenters. The van der Waals surface area contributed by atoms with Crippen molar-refractivity contribution in [2.75, 3.05) is 25.5 Å². The van der Waals surface area contributed by atoms with Gasteiger partial charge in [0.1, 0.15) is 11.6 Å². The molecule has 2 heterocycles. The molecule has 3 rings (SSSR count). The van der Waals surface area contributed by atoms with E-state index in [4.69, 9.17) is 16.3 Å². The second-order valence-corrected chi connectivity index (χ2v) is 6.70. The maximum absolute atomic E-state index is 12.5. The largest absolute Gasteiger partial charge is 0.495 e. The summed E-state index contributed by atoms with van der Waals surface area (Å²) in [5, 5.41) is 3.30. The number of nitrogens with zero attached hydrogens (tertiary/aromatic N) is 2. The second kappa shape index (κ2) is 7.78. The molecule has 0 spiro atoms. The summed E-state index contributed by atoms with van der Waals surface area (Å²) < 4.78 is 5.11. The standard InChI is InChI=1S/C18H21ClN4O3/c1-11-20-15(10-17(24)21-11)12-5-7-23(8-6-12)18(25)22-13-3-4-16(26-2)14(19)9-13/h3-4,9-10,12H,5-8H2,1-2H3,(H,22,25)(H,20,21,24). The normalized spacial score (nSPS) is 15.0. The Morgan fingerprint density at radius 2 is 2.08 bits per heavy atom. The van der Waals surface area contributed by atoms with Crippen LogP contribution in [0.1, 0.15) is 30.3 Å². The number of aromatic amines is 1. The Morgan fingerprint density at radius 3 is 2.69 bits per heavy atom. The number of aromatic nitrogens is 2. The molecule has 2 amide bonds. The number of rotatable bonds is 3. The molecule has 1 aromatic heterocycles. The third-order valence-corrected chi connectivity index (χ3v) is 4.78. The number of H-pyrrole nitrogens is 1. The van der Waals surface area contributed by atoms with Crippen molar-refractivity contribution >= 4 is 23.3 Å². The van der Waals surface area contributed by atoms with Crippen LogP contribution in [-0.4, -0.2) is 41.1 Å². The minimum Gasteiger partial charge on any atom is -0.495 e. The van der Waals surface area contributed by atoms with Gasteiger partial charge < -0.3 is 19.9 Å². The lowest BCUT2D eigenvalue weighted by molar-refractivity contribution is 0.194. The number of amides is 2. The molecule has 138 valence electrons. The fraction of sp³-hybridized carbons (Fsp3) is 0.389. The smallest absolute Gasteiger partial charge is 0.321 e. The lowest BCUT2D eigenvalue weighted by atomic mass is 9.93. The van der Waals surface area contributed by atoms with E-state index in [-0.39, 0.29) is 17.5 Å². The van der Waals surface area contributed by atoms with Gasteiger partial charge in [0.05, 0.1) is 17.8 Å². The number of hydrogen-bond acceptors (Lipinski definition) is 4. The summed E-state index contributed by atoms with van der Waals surface area (Å²) in [6, 6.07) is 6.50.